The van der Waals surface area contributed by atoms with Crippen LogP contribution < -0.4 is 15.2 Å². The highest BCUT2D eigenvalue weighted by Crippen LogP contribution is 2.40. The van der Waals surface area contributed by atoms with E-state index < -0.39 is 0 Å². The molecule has 20 heavy (non-hydrogen) atoms. The van der Waals surface area contributed by atoms with E-state index >= 15 is 0 Å². The first-order valence-corrected chi connectivity index (χ1v) is 7.66. The number of rotatable bonds is 4. The first-order valence-electron chi connectivity index (χ1n) is 7.28. The molecule has 0 amide bonds. The van der Waals surface area contributed by atoms with Crippen molar-refractivity contribution in [2.75, 3.05) is 7.11 Å². The summed E-state index contributed by atoms with van der Waals surface area (Å²) in [4.78, 5) is 0. The Hall–Kier alpha value is -0.930. The van der Waals surface area contributed by atoms with Crippen LogP contribution in [0.4, 0.5) is 0 Å². The highest BCUT2D eigenvalue weighted by Gasteiger charge is 2.27. The molecule has 0 spiro atoms. The molecule has 1 aromatic rings. The van der Waals surface area contributed by atoms with Gasteiger partial charge in [-0.3, -0.25) is 0 Å². The van der Waals surface area contributed by atoms with Crippen molar-refractivity contribution < 1.29 is 9.47 Å². The van der Waals surface area contributed by atoms with Crippen LogP contribution in [0.2, 0.25) is 5.02 Å². The summed E-state index contributed by atoms with van der Waals surface area (Å²) in [5, 5.41) is 0.580. The second-order valence-electron chi connectivity index (χ2n) is 5.82. The van der Waals surface area contributed by atoms with E-state index in [4.69, 9.17) is 26.8 Å². The number of nitrogens with two attached hydrogens (primary N) is 1. The van der Waals surface area contributed by atoms with Crippen molar-refractivity contribution in [1.29, 1.82) is 0 Å². The van der Waals surface area contributed by atoms with Crippen LogP contribution in [0.1, 0.15) is 38.7 Å². The number of halogens is 1. The van der Waals surface area contributed by atoms with E-state index in [1.165, 1.54) is 6.42 Å². The molecule has 1 saturated carbocycles. The molecular formula is C16H24ClNO2. The van der Waals surface area contributed by atoms with E-state index in [0.29, 0.717) is 29.0 Å². The van der Waals surface area contributed by atoms with Crippen molar-refractivity contribution in [3.63, 3.8) is 0 Å². The molecule has 3 atom stereocenters. The Kier molecular flexibility index (Phi) is 5.17. The summed E-state index contributed by atoms with van der Waals surface area (Å²) in [6.45, 7) is 5.04. The third-order valence-electron chi connectivity index (χ3n) is 4.36. The molecule has 0 saturated heterocycles. The lowest BCUT2D eigenvalue weighted by Gasteiger charge is -2.32. The Morgan fingerprint density at radius 1 is 1.25 bits per heavy atom. The van der Waals surface area contributed by atoms with Crippen molar-refractivity contribution in [3.8, 4) is 11.5 Å². The first kappa shape index (κ1) is 15.5. The third-order valence-corrected chi connectivity index (χ3v) is 4.64. The molecule has 1 aliphatic carbocycles. The lowest BCUT2D eigenvalue weighted by atomic mass is 9.80. The van der Waals surface area contributed by atoms with E-state index in [1.807, 2.05) is 12.1 Å². The lowest BCUT2D eigenvalue weighted by molar-refractivity contribution is 0.0977. The minimum atomic E-state index is 0.219. The van der Waals surface area contributed by atoms with Gasteiger partial charge in [-0.2, -0.15) is 0 Å². The van der Waals surface area contributed by atoms with E-state index in [0.717, 1.165) is 24.3 Å². The second kappa shape index (κ2) is 6.68. The van der Waals surface area contributed by atoms with Crippen molar-refractivity contribution in [2.45, 2.75) is 45.8 Å². The van der Waals surface area contributed by atoms with Gasteiger partial charge in [0, 0.05) is 6.54 Å². The van der Waals surface area contributed by atoms with Crippen molar-refractivity contribution in [3.05, 3.63) is 22.7 Å². The smallest absolute Gasteiger partial charge is 0.180 e. The van der Waals surface area contributed by atoms with Gasteiger partial charge in [0.15, 0.2) is 11.5 Å². The summed E-state index contributed by atoms with van der Waals surface area (Å²) >= 11 is 6.32. The summed E-state index contributed by atoms with van der Waals surface area (Å²) in [7, 11) is 1.63. The molecule has 3 nitrogen and oxygen atoms in total. The summed E-state index contributed by atoms with van der Waals surface area (Å²) < 4.78 is 11.5. The van der Waals surface area contributed by atoms with Gasteiger partial charge < -0.3 is 15.2 Å². The van der Waals surface area contributed by atoms with Crippen LogP contribution in [-0.2, 0) is 6.54 Å². The molecule has 2 N–H and O–H groups in total. The van der Waals surface area contributed by atoms with E-state index in [-0.39, 0.29) is 6.10 Å². The molecule has 1 aliphatic rings. The molecule has 4 heteroatoms. The van der Waals surface area contributed by atoms with Crippen LogP contribution in [0.25, 0.3) is 0 Å². The predicted octanol–water partition coefficient (Wildman–Crippen LogP) is 4.01. The zero-order valence-electron chi connectivity index (χ0n) is 12.5. The van der Waals surface area contributed by atoms with Crippen LogP contribution >= 0.6 is 11.6 Å². The average molecular weight is 298 g/mol. The maximum Gasteiger partial charge on any atom is 0.180 e. The third kappa shape index (κ3) is 3.39. The molecule has 2 rings (SSSR count). The van der Waals surface area contributed by atoms with Gasteiger partial charge in [0.2, 0.25) is 0 Å². The van der Waals surface area contributed by atoms with Crippen LogP contribution in [0.5, 0.6) is 11.5 Å². The van der Waals surface area contributed by atoms with Crippen molar-refractivity contribution >= 4 is 11.6 Å². The monoisotopic (exact) mass is 297 g/mol. The quantitative estimate of drug-likeness (QED) is 0.913. The molecule has 3 unspecified atom stereocenters. The summed E-state index contributed by atoms with van der Waals surface area (Å²) in [5.41, 5.74) is 6.60. The van der Waals surface area contributed by atoms with Crippen LogP contribution in [-0.4, -0.2) is 13.2 Å². The minimum Gasteiger partial charge on any atom is -0.493 e. The van der Waals surface area contributed by atoms with Gasteiger partial charge in [-0.1, -0.05) is 25.4 Å². The Morgan fingerprint density at radius 2 is 2.00 bits per heavy atom. The van der Waals surface area contributed by atoms with Crippen molar-refractivity contribution in [1.82, 2.24) is 0 Å². The van der Waals surface area contributed by atoms with Crippen LogP contribution in [0, 0.1) is 11.8 Å². The van der Waals surface area contributed by atoms with Crippen LogP contribution in [0.3, 0.4) is 0 Å². The van der Waals surface area contributed by atoms with Crippen molar-refractivity contribution in [2.24, 2.45) is 17.6 Å². The maximum absolute atomic E-state index is 6.32. The second-order valence-corrected chi connectivity index (χ2v) is 6.23. The first-order chi connectivity index (χ1) is 9.55. The predicted molar refractivity (Wildman–Crippen MR) is 82.5 cm³/mol. The number of hydrogen-bond acceptors (Lipinski definition) is 3. The fourth-order valence-electron chi connectivity index (χ4n) is 2.78. The van der Waals surface area contributed by atoms with Gasteiger partial charge in [-0.25, -0.2) is 0 Å². The zero-order valence-corrected chi connectivity index (χ0v) is 13.2. The number of hydrogen-bond donors (Lipinski definition) is 1. The fraction of sp³-hybridized carbons (Fsp3) is 0.625. The molecule has 112 valence electrons. The highest BCUT2D eigenvalue weighted by atomic mass is 35.5. The van der Waals surface area contributed by atoms with Gasteiger partial charge in [0.05, 0.1) is 18.2 Å². The Balaban J connectivity index is 2.16. The number of ether oxygens (including phenoxy) is 2. The van der Waals surface area contributed by atoms with E-state index in [2.05, 4.69) is 13.8 Å². The summed E-state index contributed by atoms with van der Waals surface area (Å²) in [6, 6.07) is 3.75. The van der Waals surface area contributed by atoms with E-state index in [9.17, 15) is 0 Å². The van der Waals surface area contributed by atoms with Gasteiger partial charge in [0.25, 0.3) is 0 Å². The SMILES string of the molecule is COc1cc(CN)cc(Cl)c1OC1CCC(C)C(C)C1. The van der Waals surface area contributed by atoms with Gasteiger partial charge in [0.1, 0.15) is 0 Å². The zero-order chi connectivity index (χ0) is 14.7. The Labute approximate surface area is 126 Å². The molecule has 0 aromatic heterocycles. The number of benzene rings is 1. The van der Waals surface area contributed by atoms with E-state index in [1.54, 1.807) is 7.11 Å². The minimum absolute atomic E-state index is 0.219. The highest BCUT2D eigenvalue weighted by molar-refractivity contribution is 6.32. The standard InChI is InChI=1S/C16H24ClNO2/c1-10-4-5-13(6-11(10)2)20-16-14(17)7-12(9-18)8-15(16)19-3/h7-8,10-11,13H,4-6,9,18H2,1-3H3. The summed E-state index contributed by atoms with van der Waals surface area (Å²) in [6.07, 6.45) is 3.56. The van der Waals surface area contributed by atoms with Crippen LogP contribution in [0.15, 0.2) is 12.1 Å². The molecule has 1 fully saturated rings. The number of methoxy groups -OCH3 is 1. The molecular weight excluding hydrogens is 274 g/mol. The molecule has 1 aromatic carbocycles. The maximum atomic E-state index is 6.32. The molecule has 0 bridgehead atoms. The summed E-state index contributed by atoms with van der Waals surface area (Å²) in [5.74, 6) is 2.77. The lowest BCUT2D eigenvalue weighted by Crippen LogP contribution is -2.29. The molecule has 0 heterocycles. The fourth-order valence-corrected chi connectivity index (χ4v) is 3.06. The normalized spacial score (nSPS) is 26.4. The average Bonchev–Trinajstić information content (AvgIpc) is 2.44. The van der Waals surface area contributed by atoms with Gasteiger partial charge in [-0.15, -0.1) is 0 Å². The topological polar surface area (TPSA) is 44.5 Å². The molecule has 0 radical (unpaired) electrons. The Bertz CT molecular complexity index is 464. The van der Waals surface area contributed by atoms with Gasteiger partial charge in [-0.05, 0) is 48.8 Å². The Morgan fingerprint density at radius 3 is 2.60 bits per heavy atom. The molecule has 0 aliphatic heterocycles. The largest absolute Gasteiger partial charge is 0.493 e. The van der Waals surface area contributed by atoms with Gasteiger partial charge >= 0.3 is 0 Å².